The maximum atomic E-state index is 11.6. The number of H-pyrrole nitrogens is 1. The van der Waals surface area contributed by atoms with Crippen LogP contribution in [0.3, 0.4) is 0 Å². The van der Waals surface area contributed by atoms with Gasteiger partial charge in [-0.2, -0.15) is 5.10 Å². The number of piperidine rings is 1. The van der Waals surface area contributed by atoms with Gasteiger partial charge in [-0.25, -0.2) is 10.1 Å². The second-order valence-corrected chi connectivity index (χ2v) is 6.48. The second-order valence-electron chi connectivity index (χ2n) is 5.21. The molecule has 0 spiro atoms. The minimum absolute atomic E-state index is 0.221. The third-order valence-corrected chi connectivity index (χ3v) is 5.24. The number of aromatic amines is 1. The van der Waals surface area contributed by atoms with Crippen molar-refractivity contribution in [2.45, 2.75) is 32.1 Å². The van der Waals surface area contributed by atoms with Gasteiger partial charge in [-0.15, -0.1) is 11.3 Å². The van der Waals surface area contributed by atoms with E-state index in [1.165, 1.54) is 5.01 Å². The molecule has 0 amide bonds. The van der Waals surface area contributed by atoms with Gasteiger partial charge < -0.3 is 4.90 Å². The van der Waals surface area contributed by atoms with Crippen LogP contribution in [0.25, 0.3) is 0 Å². The first kappa shape index (κ1) is 14.5. The lowest BCUT2D eigenvalue weighted by molar-refractivity contribution is 0.507. The molecule has 21 heavy (non-hydrogen) atoms. The molecular weight excluding hydrogens is 308 g/mol. The number of rotatable bonds is 3. The van der Waals surface area contributed by atoms with Gasteiger partial charge in [-0.05, 0) is 19.3 Å². The van der Waals surface area contributed by atoms with Crippen molar-refractivity contribution in [1.29, 1.82) is 0 Å². The van der Waals surface area contributed by atoms with Gasteiger partial charge >= 0.3 is 0 Å². The van der Waals surface area contributed by atoms with Crippen LogP contribution in [0.5, 0.6) is 0 Å². The van der Waals surface area contributed by atoms with Crippen molar-refractivity contribution >= 4 is 28.6 Å². The van der Waals surface area contributed by atoms with Crippen molar-refractivity contribution in [2.75, 3.05) is 18.0 Å². The molecule has 0 bridgehead atoms. The third-order valence-electron chi connectivity index (χ3n) is 3.82. The third kappa shape index (κ3) is 2.96. The fourth-order valence-electron chi connectivity index (χ4n) is 2.66. The monoisotopic (exact) mass is 324 g/mol. The number of halogens is 1. The summed E-state index contributed by atoms with van der Waals surface area (Å²) in [6.45, 7) is 3.85. The zero-order valence-electron chi connectivity index (χ0n) is 11.8. The van der Waals surface area contributed by atoms with Gasteiger partial charge in [0, 0.05) is 24.4 Å². The Morgan fingerprint density at radius 1 is 1.57 bits per heavy atom. The standard InChI is InChI=1S/C14H17ClN4OS/c1-2-10-8-21-14(17-10)9-4-3-5-19(7-9)11-6-16-18-13(20)12(11)15/h6,8-9H,2-5,7H2,1H3,(H,18,20). The summed E-state index contributed by atoms with van der Waals surface area (Å²) < 4.78 is 0. The van der Waals surface area contributed by atoms with Crippen molar-refractivity contribution < 1.29 is 0 Å². The van der Waals surface area contributed by atoms with Crippen molar-refractivity contribution in [3.63, 3.8) is 0 Å². The van der Waals surface area contributed by atoms with Crippen LogP contribution in [-0.2, 0) is 6.42 Å². The van der Waals surface area contributed by atoms with Crippen LogP contribution in [0.2, 0.25) is 5.02 Å². The largest absolute Gasteiger partial charge is 0.368 e. The maximum absolute atomic E-state index is 11.6. The number of nitrogens with one attached hydrogen (secondary N) is 1. The summed E-state index contributed by atoms with van der Waals surface area (Å²) in [5, 5.41) is 9.76. The molecule has 0 aliphatic carbocycles. The molecule has 7 heteroatoms. The highest BCUT2D eigenvalue weighted by atomic mass is 35.5. The molecule has 0 saturated carbocycles. The van der Waals surface area contributed by atoms with Gasteiger partial charge in [0.2, 0.25) is 0 Å². The molecule has 3 heterocycles. The molecule has 3 rings (SSSR count). The highest BCUT2D eigenvalue weighted by Crippen LogP contribution is 2.33. The lowest BCUT2D eigenvalue weighted by Gasteiger charge is -2.33. The van der Waals surface area contributed by atoms with E-state index in [4.69, 9.17) is 16.6 Å². The number of thiazole rings is 1. The summed E-state index contributed by atoms with van der Waals surface area (Å²) in [5.74, 6) is 0.402. The fourth-order valence-corrected chi connectivity index (χ4v) is 3.91. The zero-order chi connectivity index (χ0) is 14.8. The van der Waals surface area contributed by atoms with E-state index in [2.05, 4.69) is 27.4 Å². The van der Waals surface area contributed by atoms with E-state index in [-0.39, 0.29) is 10.6 Å². The number of aromatic nitrogens is 3. The Kier molecular flexibility index (Phi) is 4.26. The van der Waals surface area contributed by atoms with Crippen molar-refractivity contribution in [2.24, 2.45) is 0 Å². The van der Waals surface area contributed by atoms with Gasteiger partial charge in [0.25, 0.3) is 5.56 Å². The van der Waals surface area contributed by atoms with E-state index in [0.717, 1.165) is 43.7 Å². The summed E-state index contributed by atoms with van der Waals surface area (Å²) >= 11 is 7.84. The molecule has 1 atom stereocenters. The molecular formula is C14H17ClN4OS. The molecule has 1 unspecified atom stereocenters. The Hall–Kier alpha value is -1.40. The molecule has 0 radical (unpaired) electrons. The lowest BCUT2D eigenvalue weighted by atomic mass is 9.98. The Morgan fingerprint density at radius 3 is 3.19 bits per heavy atom. The average Bonchev–Trinajstić information content (AvgIpc) is 2.99. The Bertz CT molecular complexity index is 684. The van der Waals surface area contributed by atoms with E-state index in [1.54, 1.807) is 17.5 Å². The Balaban J connectivity index is 1.82. The highest BCUT2D eigenvalue weighted by Gasteiger charge is 2.25. The van der Waals surface area contributed by atoms with Gasteiger partial charge in [-0.1, -0.05) is 18.5 Å². The smallest absolute Gasteiger partial charge is 0.285 e. The topological polar surface area (TPSA) is 61.9 Å². The summed E-state index contributed by atoms with van der Waals surface area (Å²) in [7, 11) is 0. The van der Waals surface area contributed by atoms with Crippen LogP contribution in [0.15, 0.2) is 16.4 Å². The van der Waals surface area contributed by atoms with Crippen molar-refractivity contribution in [3.05, 3.63) is 37.7 Å². The number of anilines is 1. The molecule has 1 fully saturated rings. The van der Waals surface area contributed by atoms with E-state index in [9.17, 15) is 4.79 Å². The molecule has 5 nitrogen and oxygen atoms in total. The first-order valence-corrected chi connectivity index (χ1v) is 8.37. The minimum Gasteiger partial charge on any atom is -0.368 e. The molecule has 0 aromatic carbocycles. The van der Waals surface area contributed by atoms with Crippen LogP contribution in [0, 0.1) is 0 Å². The molecule has 112 valence electrons. The Morgan fingerprint density at radius 2 is 2.43 bits per heavy atom. The minimum atomic E-state index is -0.334. The summed E-state index contributed by atoms with van der Waals surface area (Å²) in [6.07, 6.45) is 4.79. The maximum Gasteiger partial charge on any atom is 0.285 e. The molecule has 2 aromatic heterocycles. The zero-order valence-corrected chi connectivity index (χ0v) is 13.4. The number of hydrogen-bond acceptors (Lipinski definition) is 5. The van der Waals surface area contributed by atoms with Crippen LogP contribution >= 0.6 is 22.9 Å². The Labute approximate surface area is 132 Å². The molecule has 1 N–H and O–H groups in total. The van der Waals surface area contributed by atoms with Crippen LogP contribution in [0.1, 0.15) is 36.4 Å². The average molecular weight is 325 g/mol. The number of nitrogens with zero attached hydrogens (tertiary/aromatic N) is 3. The number of hydrogen-bond donors (Lipinski definition) is 1. The van der Waals surface area contributed by atoms with E-state index >= 15 is 0 Å². The molecule has 2 aromatic rings. The van der Waals surface area contributed by atoms with Crippen molar-refractivity contribution in [3.8, 4) is 0 Å². The quantitative estimate of drug-likeness (QED) is 0.943. The summed E-state index contributed by atoms with van der Waals surface area (Å²) in [6, 6.07) is 0. The highest BCUT2D eigenvalue weighted by molar-refractivity contribution is 7.09. The van der Waals surface area contributed by atoms with E-state index in [1.807, 2.05) is 0 Å². The predicted octanol–water partition coefficient (Wildman–Crippen LogP) is 2.83. The van der Waals surface area contributed by atoms with Crippen LogP contribution < -0.4 is 10.5 Å². The van der Waals surface area contributed by atoms with Gasteiger partial charge in [0.15, 0.2) is 0 Å². The van der Waals surface area contributed by atoms with Crippen LogP contribution in [-0.4, -0.2) is 28.3 Å². The van der Waals surface area contributed by atoms with Gasteiger partial charge in [0.1, 0.15) is 5.02 Å². The van der Waals surface area contributed by atoms with Gasteiger partial charge in [-0.3, -0.25) is 4.79 Å². The van der Waals surface area contributed by atoms with E-state index in [0.29, 0.717) is 5.92 Å². The molecule has 1 aliphatic rings. The fraction of sp³-hybridized carbons (Fsp3) is 0.500. The summed E-state index contributed by atoms with van der Waals surface area (Å²) in [5.41, 5.74) is 1.54. The first-order valence-electron chi connectivity index (χ1n) is 7.11. The molecule has 1 aliphatic heterocycles. The lowest BCUT2D eigenvalue weighted by Crippen LogP contribution is -2.35. The summed E-state index contributed by atoms with van der Waals surface area (Å²) in [4.78, 5) is 18.4. The molecule has 1 saturated heterocycles. The van der Waals surface area contributed by atoms with Crippen molar-refractivity contribution in [1.82, 2.24) is 15.2 Å². The first-order chi connectivity index (χ1) is 10.2. The SMILES string of the molecule is CCc1csc(C2CCCN(c3cn[nH]c(=O)c3Cl)C2)n1. The predicted molar refractivity (Wildman–Crippen MR) is 85.5 cm³/mol. The van der Waals surface area contributed by atoms with Crippen LogP contribution in [0.4, 0.5) is 5.69 Å². The number of aryl methyl sites for hydroxylation is 1. The second kappa shape index (κ2) is 6.15. The van der Waals surface area contributed by atoms with Gasteiger partial charge in [0.05, 0.1) is 22.6 Å². The normalized spacial score (nSPS) is 19.0. The van der Waals surface area contributed by atoms with E-state index < -0.39 is 0 Å².